The molecule has 76 valence electrons. The average Bonchev–Trinajstić information content (AvgIpc) is 2.18. The third kappa shape index (κ3) is 2.72. The first-order valence-electron chi connectivity index (χ1n) is 4.39. The molecule has 0 bridgehead atoms. The van der Waals surface area contributed by atoms with E-state index < -0.39 is 0 Å². The van der Waals surface area contributed by atoms with E-state index in [1.54, 1.807) is 18.2 Å². The third-order valence-corrected chi connectivity index (χ3v) is 2.27. The summed E-state index contributed by atoms with van der Waals surface area (Å²) in [6, 6.07) is 5.17. The maximum atomic E-state index is 11.5. The molecule has 0 spiro atoms. The highest BCUT2D eigenvalue weighted by atomic mass is 35.5. The van der Waals surface area contributed by atoms with E-state index in [-0.39, 0.29) is 5.91 Å². The van der Waals surface area contributed by atoms with Crippen molar-refractivity contribution >= 4 is 17.5 Å². The predicted octanol–water partition coefficient (Wildman–Crippen LogP) is 1.34. The highest BCUT2D eigenvalue weighted by molar-refractivity contribution is 6.31. The number of hydrogen-bond acceptors (Lipinski definition) is 2. The Hall–Kier alpha value is -1.06. The summed E-state index contributed by atoms with van der Waals surface area (Å²) in [6.07, 6.45) is 0. The summed E-state index contributed by atoms with van der Waals surface area (Å²) < 4.78 is 0. The predicted molar refractivity (Wildman–Crippen MR) is 57.6 cm³/mol. The molecule has 1 aromatic rings. The molecule has 3 nitrogen and oxygen atoms in total. The van der Waals surface area contributed by atoms with Gasteiger partial charge in [0.1, 0.15) is 0 Å². The summed E-state index contributed by atoms with van der Waals surface area (Å²) in [6.45, 7) is 2.79. The number of carbonyl (C=O) groups is 1. The van der Waals surface area contributed by atoms with Crippen molar-refractivity contribution in [2.45, 2.75) is 6.92 Å². The number of nitrogens with two attached hydrogens (primary N) is 1. The van der Waals surface area contributed by atoms with Crippen molar-refractivity contribution in [3.8, 4) is 0 Å². The van der Waals surface area contributed by atoms with Crippen molar-refractivity contribution < 1.29 is 4.79 Å². The Kier molecular flexibility index (Phi) is 3.92. The van der Waals surface area contributed by atoms with Gasteiger partial charge in [0, 0.05) is 23.7 Å². The molecule has 0 saturated carbocycles. The van der Waals surface area contributed by atoms with Gasteiger partial charge in [-0.2, -0.15) is 0 Å². The molecule has 0 saturated heterocycles. The molecular weight excluding hydrogens is 200 g/mol. The lowest BCUT2D eigenvalue weighted by Crippen LogP contribution is -2.28. The maximum Gasteiger partial charge on any atom is 0.251 e. The van der Waals surface area contributed by atoms with E-state index >= 15 is 0 Å². The van der Waals surface area contributed by atoms with E-state index in [2.05, 4.69) is 5.32 Å². The lowest BCUT2D eigenvalue weighted by Gasteiger charge is -2.04. The number of halogens is 1. The van der Waals surface area contributed by atoms with E-state index in [0.29, 0.717) is 23.7 Å². The van der Waals surface area contributed by atoms with Crippen molar-refractivity contribution in [1.82, 2.24) is 5.32 Å². The topological polar surface area (TPSA) is 55.1 Å². The number of amides is 1. The highest BCUT2D eigenvalue weighted by Crippen LogP contribution is 2.15. The Morgan fingerprint density at radius 1 is 1.57 bits per heavy atom. The normalized spacial score (nSPS) is 9.93. The number of carbonyl (C=O) groups excluding carboxylic acids is 1. The minimum absolute atomic E-state index is 0.116. The zero-order valence-corrected chi connectivity index (χ0v) is 8.77. The van der Waals surface area contributed by atoms with Gasteiger partial charge in [-0.25, -0.2) is 0 Å². The molecule has 1 rings (SSSR count). The van der Waals surface area contributed by atoms with E-state index in [0.717, 1.165) is 5.56 Å². The SMILES string of the molecule is Cc1cc(C(=O)NCCN)ccc1Cl. The molecule has 0 aromatic heterocycles. The van der Waals surface area contributed by atoms with Gasteiger partial charge < -0.3 is 11.1 Å². The maximum absolute atomic E-state index is 11.5. The molecule has 3 N–H and O–H groups in total. The lowest BCUT2D eigenvalue weighted by atomic mass is 10.1. The van der Waals surface area contributed by atoms with Crippen LogP contribution in [0.5, 0.6) is 0 Å². The van der Waals surface area contributed by atoms with Crippen molar-refractivity contribution in [3.05, 3.63) is 34.3 Å². The van der Waals surface area contributed by atoms with Crippen LogP contribution in [0.4, 0.5) is 0 Å². The summed E-state index contributed by atoms with van der Waals surface area (Å²) in [5, 5.41) is 3.36. The minimum Gasteiger partial charge on any atom is -0.351 e. The number of nitrogens with one attached hydrogen (secondary N) is 1. The number of hydrogen-bond donors (Lipinski definition) is 2. The fraction of sp³-hybridized carbons (Fsp3) is 0.300. The van der Waals surface area contributed by atoms with Crippen LogP contribution < -0.4 is 11.1 Å². The molecule has 1 amide bonds. The van der Waals surface area contributed by atoms with E-state index in [4.69, 9.17) is 17.3 Å². The number of benzene rings is 1. The van der Waals surface area contributed by atoms with Gasteiger partial charge in [0.15, 0.2) is 0 Å². The van der Waals surface area contributed by atoms with Crippen LogP contribution in [-0.2, 0) is 0 Å². The monoisotopic (exact) mass is 212 g/mol. The Labute approximate surface area is 88.2 Å². The molecule has 0 unspecified atom stereocenters. The summed E-state index contributed by atoms with van der Waals surface area (Å²) >= 11 is 5.84. The number of aryl methyl sites for hydroxylation is 1. The van der Waals surface area contributed by atoms with Crippen LogP contribution in [0.25, 0.3) is 0 Å². The fourth-order valence-corrected chi connectivity index (χ4v) is 1.19. The van der Waals surface area contributed by atoms with Crippen molar-refractivity contribution in [2.75, 3.05) is 13.1 Å². The summed E-state index contributed by atoms with van der Waals surface area (Å²) in [4.78, 5) is 11.5. The largest absolute Gasteiger partial charge is 0.351 e. The molecule has 14 heavy (non-hydrogen) atoms. The second-order valence-electron chi connectivity index (χ2n) is 3.01. The molecule has 0 heterocycles. The van der Waals surface area contributed by atoms with Gasteiger partial charge in [-0.05, 0) is 30.7 Å². The van der Waals surface area contributed by atoms with Gasteiger partial charge in [0.25, 0.3) is 5.91 Å². The van der Waals surface area contributed by atoms with E-state index in [1.807, 2.05) is 6.92 Å². The summed E-state index contributed by atoms with van der Waals surface area (Å²) in [5.74, 6) is -0.116. The van der Waals surface area contributed by atoms with Gasteiger partial charge in [0.2, 0.25) is 0 Å². The van der Waals surface area contributed by atoms with Crippen LogP contribution >= 0.6 is 11.6 Å². The van der Waals surface area contributed by atoms with Gasteiger partial charge in [-0.15, -0.1) is 0 Å². The van der Waals surface area contributed by atoms with Gasteiger partial charge >= 0.3 is 0 Å². The molecular formula is C10H13ClN2O. The van der Waals surface area contributed by atoms with Gasteiger partial charge in [0.05, 0.1) is 0 Å². The molecule has 0 radical (unpaired) electrons. The Morgan fingerprint density at radius 3 is 2.86 bits per heavy atom. The molecule has 1 aromatic carbocycles. The average molecular weight is 213 g/mol. The Balaban J connectivity index is 2.76. The van der Waals surface area contributed by atoms with Crippen LogP contribution in [0.3, 0.4) is 0 Å². The molecule has 4 heteroatoms. The van der Waals surface area contributed by atoms with Gasteiger partial charge in [-0.1, -0.05) is 11.6 Å². The quantitative estimate of drug-likeness (QED) is 0.795. The third-order valence-electron chi connectivity index (χ3n) is 1.85. The molecule has 0 aliphatic heterocycles. The van der Waals surface area contributed by atoms with Crippen molar-refractivity contribution in [1.29, 1.82) is 0 Å². The minimum atomic E-state index is -0.116. The molecule has 0 aliphatic rings. The van der Waals surface area contributed by atoms with Crippen LogP contribution in [-0.4, -0.2) is 19.0 Å². The van der Waals surface area contributed by atoms with Crippen LogP contribution in [0, 0.1) is 6.92 Å². The second-order valence-corrected chi connectivity index (χ2v) is 3.42. The van der Waals surface area contributed by atoms with Crippen molar-refractivity contribution in [3.63, 3.8) is 0 Å². The first-order valence-corrected chi connectivity index (χ1v) is 4.77. The fourth-order valence-electron chi connectivity index (χ4n) is 1.07. The van der Waals surface area contributed by atoms with Crippen molar-refractivity contribution in [2.24, 2.45) is 5.73 Å². The van der Waals surface area contributed by atoms with E-state index in [9.17, 15) is 4.79 Å². The van der Waals surface area contributed by atoms with E-state index in [1.165, 1.54) is 0 Å². The van der Waals surface area contributed by atoms with Crippen LogP contribution in [0.2, 0.25) is 5.02 Å². The van der Waals surface area contributed by atoms with Crippen LogP contribution in [0.15, 0.2) is 18.2 Å². The first-order chi connectivity index (χ1) is 6.65. The summed E-state index contributed by atoms with van der Waals surface area (Å²) in [7, 11) is 0. The standard InChI is InChI=1S/C10H13ClN2O/c1-7-6-8(2-3-9(7)11)10(14)13-5-4-12/h2-3,6H,4-5,12H2,1H3,(H,13,14). The molecule has 0 atom stereocenters. The first kappa shape index (κ1) is 11.0. The van der Waals surface area contributed by atoms with Crippen LogP contribution in [0.1, 0.15) is 15.9 Å². The highest BCUT2D eigenvalue weighted by Gasteiger charge is 2.05. The Morgan fingerprint density at radius 2 is 2.29 bits per heavy atom. The number of rotatable bonds is 3. The lowest BCUT2D eigenvalue weighted by molar-refractivity contribution is 0.0954. The Bertz CT molecular complexity index is 339. The smallest absolute Gasteiger partial charge is 0.251 e. The zero-order chi connectivity index (χ0) is 10.6. The summed E-state index contributed by atoms with van der Waals surface area (Å²) in [5.41, 5.74) is 6.78. The second kappa shape index (κ2) is 4.98. The zero-order valence-electron chi connectivity index (χ0n) is 8.01. The molecule has 0 aliphatic carbocycles. The molecule has 0 fully saturated rings. The van der Waals surface area contributed by atoms with Gasteiger partial charge in [-0.3, -0.25) is 4.79 Å².